The number of thiophene rings is 1. The predicted molar refractivity (Wildman–Crippen MR) is 87.5 cm³/mol. The fourth-order valence-corrected chi connectivity index (χ4v) is 3.07. The van der Waals surface area contributed by atoms with Crippen molar-refractivity contribution in [1.82, 2.24) is 15.6 Å². The van der Waals surface area contributed by atoms with Crippen LogP contribution in [0.15, 0.2) is 27.2 Å². The second kappa shape index (κ2) is 8.01. The van der Waals surface area contributed by atoms with Crippen LogP contribution in [0.3, 0.4) is 0 Å². The highest BCUT2D eigenvalue weighted by atomic mass is 32.1. The zero-order valence-corrected chi connectivity index (χ0v) is 13.5. The van der Waals surface area contributed by atoms with Crippen LogP contribution in [0, 0.1) is 0 Å². The highest BCUT2D eigenvalue weighted by molar-refractivity contribution is 7.09. The Bertz CT molecular complexity index is 531. The summed E-state index contributed by atoms with van der Waals surface area (Å²) in [4.78, 5) is 9.12. The van der Waals surface area contributed by atoms with E-state index in [1.54, 1.807) is 22.7 Å². The molecule has 2 rings (SSSR count). The molecule has 0 saturated heterocycles. The predicted octanol–water partition coefficient (Wildman–Crippen LogP) is 3.02. The topological polar surface area (TPSA) is 49.3 Å². The Morgan fingerprint density at radius 2 is 2.20 bits per heavy atom. The minimum atomic E-state index is 0.704. The summed E-state index contributed by atoms with van der Waals surface area (Å²) in [6.45, 7) is 6.47. The van der Waals surface area contributed by atoms with Gasteiger partial charge in [0, 0.05) is 11.9 Å². The van der Waals surface area contributed by atoms with Gasteiger partial charge in [0.15, 0.2) is 5.96 Å². The molecule has 0 aromatic carbocycles. The van der Waals surface area contributed by atoms with Crippen molar-refractivity contribution in [2.24, 2.45) is 4.99 Å². The van der Waals surface area contributed by atoms with E-state index in [9.17, 15) is 0 Å². The maximum Gasteiger partial charge on any atom is 0.191 e. The number of rotatable bonds is 6. The molecule has 0 unspecified atom stereocenters. The first-order valence-electron chi connectivity index (χ1n) is 6.78. The lowest BCUT2D eigenvalue weighted by molar-refractivity contribution is 0.800. The molecule has 2 N–H and O–H groups in total. The molecule has 0 saturated carbocycles. The molecular formula is C14H20N4S2. The van der Waals surface area contributed by atoms with Gasteiger partial charge in [-0.1, -0.05) is 6.92 Å². The largest absolute Gasteiger partial charge is 0.357 e. The highest BCUT2D eigenvalue weighted by Gasteiger charge is 2.02. The summed E-state index contributed by atoms with van der Waals surface area (Å²) >= 11 is 3.42. The van der Waals surface area contributed by atoms with E-state index in [1.807, 2.05) is 0 Å². The number of nitrogens with one attached hydrogen (secondary N) is 2. The van der Waals surface area contributed by atoms with Gasteiger partial charge < -0.3 is 10.6 Å². The third-order valence-corrected chi connectivity index (χ3v) is 4.46. The lowest BCUT2D eigenvalue weighted by Gasteiger charge is -2.09. The summed E-state index contributed by atoms with van der Waals surface area (Å²) in [6.07, 6.45) is 0.997. The molecule has 0 radical (unpaired) electrons. The molecular weight excluding hydrogens is 288 g/mol. The molecule has 0 amide bonds. The van der Waals surface area contributed by atoms with Gasteiger partial charge >= 0.3 is 0 Å². The van der Waals surface area contributed by atoms with Gasteiger partial charge in [-0.15, -0.1) is 11.3 Å². The van der Waals surface area contributed by atoms with E-state index < -0.39 is 0 Å². The van der Waals surface area contributed by atoms with E-state index in [-0.39, 0.29) is 0 Å². The molecule has 0 bridgehead atoms. The normalized spacial score (nSPS) is 11.6. The van der Waals surface area contributed by atoms with Gasteiger partial charge in [-0.2, -0.15) is 11.3 Å². The van der Waals surface area contributed by atoms with Crippen molar-refractivity contribution in [2.75, 3.05) is 6.54 Å². The second-order valence-corrected chi connectivity index (χ2v) is 5.99. The number of guanidine groups is 1. The lowest BCUT2D eigenvalue weighted by atomic mass is 10.3. The first-order chi connectivity index (χ1) is 9.81. The average Bonchev–Trinajstić information content (AvgIpc) is 3.13. The standard InChI is InChI=1S/C14H20N4S2/c1-3-13-18-12(10-20-13)8-17-14(15-4-2)16-7-11-5-6-19-9-11/h5-6,9-10H,3-4,7-8H2,1-2H3,(H2,15,16,17). The Morgan fingerprint density at radius 1 is 1.30 bits per heavy atom. The maximum atomic E-state index is 4.57. The number of thiazole rings is 1. The van der Waals surface area contributed by atoms with Gasteiger partial charge in [0.1, 0.15) is 0 Å². The van der Waals surface area contributed by atoms with Crippen LogP contribution in [0.5, 0.6) is 0 Å². The molecule has 0 spiro atoms. The van der Waals surface area contributed by atoms with Crippen molar-refractivity contribution in [3.05, 3.63) is 38.5 Å². The first-order valence-corrected chi connectivity index (χ1v) is 8.60. The SMILES string of the molecule is CCNC(=NCc1ccsc1)NCc1csc(CC)n1. The molecule has 0 atom stereocenters. The van der Waals surface area contributed by atoms with Crippen molar-refractivity contribution >= 4 is 28.6 Å². The van der Waals surface area contributed by atoms with Crippen LogP contribution >= 0.6 is 22.7 Å². The number of aryl methyl sites for hydroxylation is 1. The molecule has 20 heavy (non-hydrogen) atoms. The molecule has 0 aliphatic heterocycles. The average molecular weight is 308 g/mol. The third kappa shape index (κ3) is 4.61. The van der Waals surface area contributed by atoms with E-state index >= 15 is 0 Å². The van der Waals surface area contributed by atoms with E-state index in [0.29, 0.717) is 13.1 Å². The molecule has 6 heteroatoms. The van der Waals surface area contributed by atoms with Crippen molar-refractivity contribution in [2.45, 2.75) is 33.4 Å². The smallest absolute Gasteiger partial charge is 0.191 e. The summed E-state index contributed by atoms with van der Waals surface area (Å²) in [6, 6.07) is 2.10. The van der Waals surface area contributed by atoms with Gasteiger partial charge in [0.2, 0.25) is 0 Å². The van der Waals surface area contributed by atoms with E-state index in [0.717, 1.165) is 24.6 Å². The second-order valence-electron chi connectivity index (χ2n) is 4.27. The molecule has 108 valence electrons. The fraction of sp³-hybridized carbons (Fsp3) is 0.429. The van der Waals surface area contributed by atoms with Crippen LogP contribution in [0.1, 0.15) is 30.1 Å². The van der Waals surface area contributed by atoms with Gasteiger partial charge in [0.05, 0.1) is 23.8 Å². The number of aliphatic imine (C=N–C) groups is 1. The van der Waals surface area contributed by atoms with E-state index in [4.69, 9.17) is 0 Å². The maximum absolute atomic E-state index is 4.57. The minimum absolute atomic E-state index is 0.704. The monoisotopic (exact) mass is 308 g/mol. The third-order valence-electron chi connectivity index (χ3n) is 2.68. The Labute approximate surface area is 128 Å². The van der Waals surface area contributed by atoms with Gasteiger partial charge in [0.25, 0.3) is 0 Å². The Balaban J connectivity index is 1.89. The zero-order chi connectivity index (χ0) is 14.2. The molecule has 2 aromatic rings. The number of aromatic nitrogens is 1. The number of nitrogens with zero attached hydrogens (tertiary/aromatic N) is 2. The zero-order valence-electron chi connectivity index (χ0n) is 11.8. The van der Waals surface area contributed by atoms with Crippen LogP contribution < -0.4 is 10.6 Å². The van der Waals surface area contributed by atoms with Gasteiger partial charge in [-0.25, -0.2) is 9.98 Å². The first kappa shape index (κ1) is 15.0. The molecule has 0 aliphatic carbocycles. The van der Waals surface area contributed by atoms with Crippen LogP contribution in [0.25, 0.3) is 0 Å². The number of hydrogen-bond acceptors (Lipinski definition) is 4. The highest BCUT2D eigenvalue weighted by Crippen LogP contribution is 2.10. The van der Waals surface area contributed by atoms with Gasteiger partial charge in [-0.05, 0) is 35.7 Å². The molecule has 0 aliphatic rings. The molecule has 4 nitrogen and oxygen atoms in total. The molecule has 0 fully saturated rings. The minimum Gasteiger partial charge on any atom is -0.357 e. The summed E-state index contributed by atoms with van der Waals surface area (Å²) in [7, 11) is 0. The van der Waals surface area contributed by atoms with Crippen LogP contribution in [-0.4, -0.2) is 17.5 Å². The number of hydrogen-bond donors (Lipinski definition) is 2. The van der Waals surface area contributed by atoms with Crippen LogP contribution in [0.2, 0.25) is 0 Å². The Kier molecular flexibility index (Phi) is 6.01. The van der Waals surface area contributed by atoms with Crippen molar-refractivity contribution in [3.63, 3.8) is 0 Å². The molecule has 2 heterocycles. The summed E-state index contributed by atoms with van der Waals surface area (Å²) in [5, 5.41) is 14.1. The fourth-order valence-electron chi connectivity index (χ4n) is 1.66. The van der Waals surface area contributed by atoms with Crippen molar-refractivity contribution in [1.29, 1.82) is 0 Å². The van der Waals surface area contributed by atoms with Crippen molar-refractivity contribution < 1.29 is 0 Å². The van der Waals surface area contributed by atoms with Crippen molar-refractivity contribution in [3.8, 4) is 0 Å². The van der Waals surface area contributed by atoms with Gasteiger partial charge in [-0.3, -0.25) is 0 Å². The quantitative estimate of drug-likeness (QED) is 0.637. The lowest BCUT2D eigenvalue weighted by Crippen LogP contribution is -2.36. The van der Waals surface area contributed by atoms with E-state index in [2.05, 4.69) is 56.7 Å². The molecule has 2 aromatic heterocycles. The summed E-state index contributed by atoms with van der Waals surface area (Å²) in [5.74, 6) is 0.838. The Morgan fingerprint density at radius 3 is 2.85 bits per heavy atom. The summed E-state index contributed by atoms with van der Waals surface area (Å²) < 4.78 is 0. The van der Waals surface area contributed by atoms with Crippen LogP contribution in [-0.2, 0) is 19.5 Å². The Hall–Kier alpha value is -1.40. The summed E-state index contributed by atoms with van der Waals surface area (Å²) in [5.41, 5.74) is 2.32. The van der Waals surface area contributed by atoms with E-state index in [1.165, 1.54) is 10.6 Å². The van der Waals surface area contributed by atoms with Crippen LogP contribution in [0.4, 0.5) is 0 Å².